The number of anilines is 1. The molecule has 0 saturated carbocycles. The second-order valence-corrected chi connectivity index (χ2v) is 4.50. The highest BCUT2D eigenvalue weighted by atomic mass is 16.3. The molecule has 0 bridgehead atoms. The van der Waals surface area contributed by atoms with Gasteiger partial charge in [0.15, 0.2) is 0 Å². The molecule has 1 unspecified atom stereocenters. The van der Waals surface area contributed by atoms with Gasteiger partial charge in [0.05, 0.1) is 17.2 Å². The number of likely N-dealkylation sites (N-methyl/N-ethyl adjacent to an activating group) is 1. The number of rotatable bonds is 7. The lowest BCUT2D eigenvalue weighted by Gasteiger charge is -2.22. The fraction of sp³-hybridized carbons (Fsp3) is 0.467. The van der Waals surface area contributed by atoms with E-state index in [-0.39, 0.29) is 0 Å². The van der Waals surface area contributed by atoms with Crippen molar-refractivity contribution in [1.29, 1.82) is 10.5 Å². The summed E-state index contributed by atoms with van der Waals surface area (Å²) in [6, 6.07) is 8.94. The van der Waals surface area contributed by atoms with Gasteiger partial charge < -0.3 is 15.3 Å². The zero-order valence-electron chi connectivity index (χ0n) is 11.9. The van der Waals surface area contributed by atoms with Crippen LogP contribution in [0, 0.1) is 22.7 Å². The molecule has 2 N–H and O–H groups in total. The molecule has 1 rings (SSSR count). The van der Waals surface area contributed by atoms with Gasteiger partial charge in [-0.3, -0.25) is 0 Å². The van der Waals surface area contributed by atoms with Crippen molar-refractivity contribution in [2.75, 3.05) is 31.5 Å². The Morgan fingerprint density at radius 1 is 1.20 bits per heavy atom. The van der Waals surface area contributed by atoms with Crippen LogP contribution in [0.4, 0.5) is 5.69 Å². The molecule has 0 spiro atoms. The molecule has 1 atom stereocenters. The first-order chi connectivity index (χ1) is 9.64. The van der Waals surface area contributed by atoms with E-state index in [0.29, 0.717) is 24.2 Å². The minimum atomic E-state index is -0.476. The Bertz CT molecular complexity index is 512. The molecule has 0 aliphatic heterocycles. The topological polar surface area (TPSA) is 83.1 Å². The van der Waals surface area contributed by atoms with Crippen LogP contribution in [0.2, 0.25) is 0 Å². The average Bonchev–Trinajstić information content (AvgIpc) is 2.50. The molecule has 0 aliphatic rings. The van der Waals surface area contributed by atoms with E-state index in [0.717, 1.165) is 18.8 Å². The first kappa shape index (κ1) is 16.0. The Balaban J connectivity index is 2.58. The fourth-order valence-corrected chi connectivity index (χ4v) is 1.92. The normalized spacial score (nSPS) is 11.7. The van der Waals surface area contributed by atoms with Crippen LogP contribution < -0.4 is 5.32 Å². The smallest absolute Gasteiger partial charge is 0.101 e. The number of aliphatic hydroxyl groups is 1. The maximum atomic E-state index is 9.95. The van der Waals surface area contributed by atoms with Gasteiger partial charge in [0.1, 0.15) is 12.1 Å². The third kappa shape index (κ3) is 4.55. The molecule has 0 heterocycles. The summed E-state index contributed by atoms with van der Waals surface area (Å²) < 4.78 is 0. The Labute approximate surface area is 120 Å². The van der Waals surface area contributed by atoms with Crippen molar-refractivity contribution in [2.24, 2.45) is 0 Å². The summed E-state index contributed by atoms with van der Waals surface area (Å²) in [6.07, 6.45) is -0.476. The molecule has 0 radical (unpaired) electrons. The lowest BCUT2D eigenvalue weighted by molar-refractivity contribution is 0.128. The van der Waals surface area contributed by atoms with Crippen LogP contribution >= 0.6 is 0 Å². The molecular formula is C15H20N4O. The van der Waals surface area contributed by atoms with Gasteiger partial charge in [-0.2, -0.15) is 10.5 Å². The molecular weight excluding hydrogens is 252 g/mol. The monoisotopic (exact) mass is 272 g/mol. The van der Waals surface area contributed by atoms with Crippen LogP contribution in [0.3, 0.4) is 0 Å². The van der Waals surface area contributed by atoms with Gasteiger partial charge in [-0.1, -0.05) is 13.8 Å². The molecule has 106 valence electrons. The number of nitrogens with one attached hydrogen (secondary N) is 1. The molecule has 0 amide bonds. The molecule has 20 heavy (non-hydrogen) atoms. The van der Waals surface area contributed by atoms with Crippen molar-refractivity contribution in [3.05, 3.63) is 29.3 Å². The molecule has 0 saturated heterocycles. The van der Waals surface area contributed by atoms with Crippen LogP contribution in [-0.4, -0.2) is 42.3 Å². The van der Waals surface area contributed by atoms with Crippen molar-refractivity contribution >= 4 is 5.69 Å². The molecule has 5 heteroatoms. The predicted octanol–water partition coefficient (Wildman–Crippen LogP) is 1.54. The minimum Gasteiger partial charge on any atom is -0.390 e. The quantitative estimate of drug-likeness (QED) is 0.786. The summed E-state index contributed by atoms with van der Waals surface area (Å²) in [5.74, 6) is 0. The summed E-state index contributed by atoms with van der Waals surface area (Å²) in [5.41, 5.74) is 1.44. The highest BCUT2D eigenvalue weighted by molar-refractivity contribution is 5.56. The standard InChI is InChI=1S/C15H20N4O/c1-3-19(4-2)11-15(20)10-18-14-6-5-12(8-16)13(7-14)9-17/h5-7,15,18,20H,3-4,10-11H2,1-2H3. The number of hydrogen-bond acceptors (Lipinski definition) is 5. The van der Waals surface area contributed by atoms with E-state index < -0.39 is 6.10 Å². The van der Waals surface area contributed by atoms with Crippen LogP contribution in [0.15, 0.2) is 18.2 Å². The number of benzene rings is 1. The van der Waals surface area contributed by atoms with Gasteiger partial charge in [-0.15, -0.1) is 0 Å². The zero-order valence-corrected chi connectivity index (χ0v) is 11.9. The van der Waals surface area contributed by atoms with Crippen LogP contribution in [-0.2, 0) is 0 Å². The van der Waals surface area contributed by atoms with Gasteiger partial charge in [0.2, 0.25) is 0 Å². The Kier molecular flexibility index (Phi) is 6.52. The van der Waals surface area contributed by atoms with E-state index in [1.54, 1.807) is 18.2 Å². The van der Waals surface area contributed by atoms with E-state index in [1.165, 1.54) is 0 Å². The Hall–Kier alpha value is -2.08. The molecule has 1 aromatic rings. The van der Waals surface area contributed by atoms with E-state index >= 15 is 0 Å². The van der Waals surface area contributed by atoms with Gasteiger partial charge in [0.25, 0.3) is 0 Å². The van der Waals surface area contributed by atoms with Crippen molar-refractivity contribution in [3.63, 3.8) is 0 Å². The SMILES string of the molecule is CCN(CC)CC(O)CNc1ccc(C#N)c(C#N)c1. The summed E-state index contributed by atoms with van der Waals surface area (Å²) in [6.45, 7) is 6.95. The Morgan fingerprint density at radius 2 is 1.85 bits per heavy atom. The molecule has 1 aromatic carbocycles. The zero-order chi connectivity index (χ0) is 15.0. The summed E-state index contributed by atoms with van der Waals surface area (Å²) >= 11 is 0. The lowest BCUT2D eigenvalue weighted by Crippen LogP contribution is -2.35. The number of aliphatic hydroxyl groups excluding tert-OH is 1. The highest BCUT2D eigenvalue weighted by Gasteiger charge is 2.09. The maximum Gasteiger partial charge on any atom is 0.101 e. The largest absolute Gasteiger partial charge is 0.390 e. The van der Waals surface area contributed by atoms with Crippen molar-refractivity contribution < 1.29 is 5.11 Å². The van der Waals surface area contributed by atoms with E-state index in [9.17, 15) is 5.11 Å². The van der Waals surface area contributed by atoms with Crippen molar-refractivity contribution in [3.8, 4) is 12.1 Å². The molecule has 5 nitrogen and oxygen atoms in total. The minimum absolute atomic E-state index is 0.343. The average molecular weight is 272 g/mol. The predicted molar refractivity (Wildman–Crippen MR) is 78.2 cm³/mol. The van der Waals surface area contributed by atoms with Crippen LogP contribution in [0.1, 0.15) is 25.0 Å². The number of hydrogen-bond donors (Lipinski definition) is 2. The van der Waals surface area contributed by atoms with Crippen molar-refractivity contribution in [2.45, 2.75) is 20.0 Å². The fourth-order valence-electron chi connectivity index (χ4n) is 1.92. The van der Waals surface area contributed by atoms with Crippen molar-refractivity contribution in [1.82, 2.24) is 4.90 Å². The first-order valence-corrected chi connectivity index (χ1v) is 6.73. The van der Waals surface area contributed by atoms with E-state index in [2.05, 4.69) is 24.1 Å². The summed E-state index contributed by atoms with van der Waals surface area (Å²) in [5, 5.41) is 30.8. The molecule has 0 aliphatic carbocycles. The Morgan fingerprint density at radius 3 is 2.40 bits per heavy atom. The van der Waals surface area contributed by atoms with Gasteiger partial charge in [-0.25, -0.2) is 0 Å². The van der Waals surface area contributed by atoms with E-state index in [1.807, 2.05) is 12.1 Å². The maximum absolute atomic E-state index is 9.95. The summed E-state index contributed by atoms with van der Waals surface area (Å²) in [7, 11) is 0. The number of nitriles is 2. The highest BCUT2D eigenvalue weighted by Crippen LogP contribution is 2.14. The van der Waals surface area contributed by atoms with Crippen LogP contribution in [0.25, 0.3) is 0 Å². The second-order valence-electron chi connectivity index (χ2n) is 4.50. The van der Waals surface area contributed by atoms with E-state index in [4.69, 9.17) is 10.5 Å². The first-order valence-electron chi connectivity index (χ1n) is 6.73. The second kappa shape index (κ2) is 8.16. The third-order valence-corrected chi connectivity index (χ3v) is 3.17. The van der Waals surface area contributed by atoms with Crippen LogP contribution in [0.5, 0.6) is 0 Å². The lowest BCUT2D eigenvalue weighted by atomic mass is 10.1. The summed E-state index contributed by atoms with van der Waals surface area (Å²) in [4.78, 5) is 2.14. The van der Waals surface area contributed by atoms with Gasteiger partial charge in [-0.05, 0) is 31.3 Å². The van der Waals surface area contributed by atoms with Gasteiger partial charge >= 0.3 is 0 Å². The molecule has 0 fully saturated rings. The number of nitrogens with zero attached hydrogens (tertiary/aromatic N) is 3. The molecule has 0 aromatic heterocycles. The third-order valence-electron chi connectivity index (χ3n) is 3.17. The van der Waals surface area contributed by atoms with Gasteiger partial charge in [0, 0.05) is 18.8 Å².